The fraction of sp³-hybridized carbons (Fsp3) is 0.0755. The molecule has 264 valence electrons. The number of imidazole rings is 1. The molecule has 2 heterocycles. The molecule has 56 heavy (non-hydrogen) atoms. The van der Waals surface area contributed by atoms with Crippen LogP contribution in [0.4, 0.5) is 17.1 Å². The van der Waals surface area contributed by atoms with Crippen molar-refractivity contribution in [3.8, 4) is 39.1 Å². The van der Waals surface area contributed by atoms with Crippen molar-refractivity contribution < 1.29 is 0 Å². The smallest absolute Gasteiger partial charge is 0.134 e. The van der Waals surface area contributed by atoms with Crippen LogP contribution in [-0.2, 0) is 10.8 Å². The molecule has 0 N–H and O–H groups in total. The Hall–Kier alpha value is -6.97. The van der Waals surface area contributed by atoms with Crippen molar-refractivity contribution in [3.05, 3.63) is 222 Å². The summed E-state index contributed by atoms with van der Waals surface area (Å²) in [4.78, 5) is 7.90. The average Bonchev–Trinajstić information content (AvgIpc) is 3.94. The molecule has 3 heteroatoms. The van der Waals surface area contributed by atoms with E-state index >= 15 is 0 Å². The monoisotopic (exact) mass is 715 g/mol. The molecule has 12 rings (SSSR count). The average molecular weight is 716 g/mol. The number of hydrogen-bond donors (Lipinski definition) is 0. The van der Waals surface area contributed by atoms with Gasteiger partial charge in [-0.2, -0.15) is 0 Å². The van der Waals surface area contributed by atoms with Crippen molar-refractivity contribution in [1.82, 2.24) is 9.55 Å². The largest absolute Gasteiger partial charge is 0.310 e. The molecule has 0 radical (unpaired) electrons. The van der Waals surface area contributed by atoms with Gasteiger partial charge in [0.1, 0.15) is 11.2 Å². The Kier molecular flexibility index (Phi) is 6.32. The van der Waals surface area contributed by atoms with E-state index in [-0.39, 0.29) is 5.41 Å². The highest BCUT2D eigenvalue weighted by molar-refractivity contribution is 5.99. The molecule has 0 fully saturated rings. The molecule has 1 unspecified atom stereocenters. The Morgan fingerprint density at radius 1 is 0.464 bits per heavy atom. The number of aromatic nitrogens is 2. The highest BCUT2D eigenvalue weighted by atomic mass is 15.2. The number of hydrogen-bond acceptors (Lipinski definition) is 2. The summed E-state index contributed by atoms with van der Waals surface area (Å²) in [6.07, 6.45) is 0. The van der Waals surface area contributed by atoms with Gasteiger partial charge in [0.25, 0.3) is 0 Å². The molecule has 3 nitrogen and oxygen atoms in total. The maximum atomic E-state index is 5.46. The molecule has 1 spiro atoms. The summed E-state index contributed by atoms with van der Waals surface area (Å²) in [6, 6.07) is 69.1. The first-order valence-electron chi connectivity index (χ1n) is 19.6. The van der Waals surface area contributed by atoms with Gasteiger partial charge in [0, 0.05) is 22.4 Å². The predicted molar refractivity (Wildman–Crippen MR) is 230 cm³/mol. The van der Waals surface area contributed by atoms with Crippen LogP contribution < -0.4 is 4.90 Å². The SMILES string of the molecule is CC1(C)c2ccccc2-c2ccc(-c3ccc(N(c4ccccc4)c4cccc5c4-c4ccccc4C54c5ccccc5-n5c4nc4ccccc45)cc3)cc21. The first-order valence-corrected chi connectivity index (χ1v) is 19.6. The van der Waals surface area contributed by atoms with E-state index in [2.05, 4.69) is 211 Å². The highest BCUT2D eigenvalue weighted by Gasteiger charge is 2.55. The lowest BCUT2D eigenvalue weighted by Gasteiger charge is -2.30. The van der Waals surface area contributed by atoms with Crippen LogP contribution in [0.15, 0.2) is 188 Å². The second-order valence-electron chi connectivity index (χ2n) is 15.9. The van der Waals surface area contributed by atoms with Crippen LogP contribution in [0, 0.1) is 0 Å². The Morgan fingerprint density at radius 3 is 1.93 bits per heavy atom. The Balaban J connectivity index is 1.05. The lowest BCUT2D eigenvalue weighted by atomic mass is 9.73. The molecular formula is C53H37N3. The summed E-state index contributed by atoms with van der Waals surface area (Å²) >= 11 is 0. The summed E-state index contributed by atoms with van der Waals surface area (Å²) in [5, 5.41) is 0. The van der Waals surface area contributed by atoms with E-state index in [9.17, 15) is 0 Å². The normalized spacial score (nSPS) is 16.2. The number of nitrogens with zero attached hydrogens (tertiary/aromatic N) is 3. The molecule has 0 amide bonds. The van der Waals surface area contributed by atoms with E-state index in [4.69, 9.17) is 4.98 Å². The lowest BCUT2D eigenvalue weighted by Crippen LogP contribution is -2.27. The van der Waals surface area contributed by atoms with Gasteiger partial charge in [0.2, 0.25) is 0 Å². The number of rotatable bonds is 4. The van der Waals surface area contributed by atoms with E-state index in [0.717, 1.165) is 33.9 Å². The van der Waals surface area contributed by atoms with E-state index in [0.29, 0.717) is 0 Å². The maximum absolute atomic E-state index is 5.46. The third-order valence-electron chi connectivity index (χ3n) is 12.8. The molecular weight excluding hydrogens is 679 g/mol. The van der Waals surface area contributed by atoms with E-state index in [1.807, 2.05) is 0 Å². The van der Waals surface area contributed by atoms with Crippen molar-refractivity contribution in [2.75, 3.05) is 4.90 Å². The molecule has 0 saturated heterocycles. The van der Waals surface area contributed by atoms with Crippen LogP contribution in [0.5, 0.6) is 0 Å². The van der Waals surface area contributed by atoms with Crippen LogP contribution in [-0.4, -0.2) is 9.55 Å². The number of anilines is 3. The van der Waals surface area contributed by atoms with Crippen molar-refractivity contribution >= 4 is 28.1 Å². The molecule has 2 aliphatic carbocycles. The zero-order valence-electron chi connectivity index (χ0n) is 31.2. The second kappa shape index (κ2) is 11.3. The first-order chi connectivity index (χ1) is 27.5. The third-order valence-corrected chi connectivity index (χ3v) is 12.8. The van der Waals surface area contributed by atoms with Gasteiger partial charge in [-0.15, -0.1) is 0 Å². The molecule has 3 aliphatic rings. The van der Waals surface area contributed by atoms with E-state index in [1.165, 1.54) is 66.9 Å². The third kappa shape index (κ3) is 3.99. The summed E-state index contributed by atoms with van der Waals surface area (Å²) in [6.45, 7) is 4.70. The highest BCUT2D eigenvalue weighted by Crippen LogP contribution is 2.63. The number of benzene rings is 8. The van der Waals surface area contributed by atoms with Gasteiger partial charge in [0.15, 0.2) is 0 Å². The molecule has 1 aliphatic heterocycles. The molecule has 0 bridgehead atoms. The van der Waals surface area contributed by atoms with Gasteiger partial charge >= 0.3 is 0 Å². The molecule has 8 aromatic carbocycles. The van der Waals surface area contributed by atoms with Crippen molar-refractivity contribution in [2.45, 2.75) is 24.7 Å². The molecule has 9 aromatic rings. The maximum Gasteiger partial charge on any atom is 0.134 e. The fourth-order valence-electron chi connectivity index (χ4n) is 10.3. The van der Waals surface area contributed by atoms with Crippen LogP contribution in [0.2, 0.25) is 0 Å². The van der Waals surface area contributed by atoms with Crippen LogP contribution in [0.25, 0.3) is 50.1 Å². The van der Waals surface area contributed by atoms with Crippen molar-refractivity contribution in [3.63, 3.8) is 0 Å². The van der Waals surface area contributed by atoms with Gasteiger partial charge in [-0.05, 0) is 110 Å². The predicted octanol–water partition coefficient (Wildman–Crippen LogP) is 13.1. The Labute approximate surface area is 326 Å². The minimum Gasteiger partial charge on any atom is -0.310 e. The van der Waals surface area contributed by atoms with E-state index < -0.39 is 5.41 Å². The standard InChI is InChI=1S/C53H37N3/c1-52(2)41-19-8-6-17-38(41)39-32-29-35(33-45(39)52)34-27-30-37(31-28-34)55(36-15-4-3-5-16-36)49-26-14-22-44-50(49)40-18-7-9-20-42(40)53(44)43-21-10-12-24-47(43)56-48-25-13-11-23-46(48)54-51(53)56/h3-33H,1-2H3. The van der Waals surface area contributed by atoms with Gasteiger partial charge in [0.05, 0.1) is 22.4 Å². The zero-order valence-corrected chi connectivity index (χ0v) is 31.2. The van der Waals surface area contributed by atoms with Crippen molar-refractivity contribution in [2.24, 2.45) is 0 Å². The van der Waals surface area contributed by atoms with Crippen LogP contribution >= 0.6 is 0 Å². The number of fused-ring (bicyclic) bond motifs is 15. The molecule has 1 aromatic heterocycles. The quantitative estimate of drug-likeness (QED) is 0.181. The van der Waals surface area contributed by atoms with Gasteiger partial charge in [-0.1, -0.05) is 147 Å². The lowest BCUT2D eigenvalue weighted by molar-refractivity contribution is 0.660. The van der Waals surface area contributed by atoms with Gasteiger partial charge in [-0.3, -0.25) is 4.57 Å². The van der Waals surface area contributed by atoms with Gasteiger partial charge < -0.3 is 4.90 Å². The zero-order chi connectivity index (χ0) is 37.2. The second-order valence-corrected chi connectivity index (χ2v) is 15.9. The summed E-state index contributed by atoms with van der Waals surface area (Å²) in [5.41, 5.74) is 20.3. The summed E-state index contributed by atoms with van der Waals surface area (Å²) < 4.78 is 2.40. The number of para-hydroxylation sites is 4. The summed E-state index contributed by atoms with van der Waals surface area (Å²) in [5.74, 6) is 1.06. The Morgan fingerprint density at radius 2 is 1.09 bits per heavy atom. The van der Waals surface area contributed by atoms with Gasteiger partial charge in [-0.25, -0.2) is 4.98 Å². The molecule has 0 saturated carbocycles. The molecule has 1 atom stereocenters. The van der Waals surface area contributed by atoms with E-state index in [1.54, 1.807) is 0 Å². The Bertz CT molecular complexity index is 3060. The van der Waals surface area contributed by atoms with Crippen molar-refractivity contribution in [1.29, 1.82) is 0 Å². The summed E-state index contributed by atoms with van der Waals surface area (Å²) in [7, 11) is 0. The topological polar surface area (TPSA) is 21.1 Å². The van der Waals surface area contributed by atoms with Crippen LogP contribution in [0.3, 0.4) is 0 Å². The fourth-order valence-corrected chi connectivity index (χ4v) is 10.3. The minimum absolute atomic E-state index is 0.0446. The van der Waals surface area contributed by atoms with Crippen LogP contribution in [0.1, 0.15) is 47.5 Å². The first kappa shape index (κ1) is 31.4. The minimum atomic E-state index is -0.565.